The van der Waals surface area contributed by atoms with Crippen LogP contribution >= 0.6 is 22.9 Å². The Morgan fingerprint density at radius 2 is 2.17 bits per heavy atom. The number of thiophene rings is 1. The first-order valence-corrected chi connectivity index (χ1v) is 9.54. The molecular formula is C14H13ClN4O3S2. The maximum absolute atomic E-state index is 12.3. The van der Waals surface area contributed by atoms with Gasteiger partial charge in [-0.25, -0.2) is 18.1 Å². The molecule has 2 aromatic heterocycles. The minimum absolute atomic E-state index is 0.157. The van der Waals surface area contributed by atoms with Gasteiger partial charge in [-0.15, -0.1) is 11.3 Å². The smallest absolute Gasteiger partial charge is 0.271 e. The van der Waals surface area contributed by atoms with Crippen LogP contribution in [0.1, 0.15) is 0 Å². The number of hydrogen-bond donors (Lipinski definition) is 1. The zero-order chi connectivity index (χ0) is 17.0. The lowest BCUT2D eigenvalue weighted by molar-refractivity contribution is 0.291. The molecule has 126 valence electrons. The van der Waals surface area contributed by atoms with Crippen LogP contribution in [0, 0.1) is 0 Å². The fourth-order valence-electron chi connectivity index (χ4n) is 1.90. The largest absolute Gasteiger partial charge is 0.492 e. The Morgan fingerprint density at radius 3 is 2.88 bits per heavy atom. The van der Waals surface area contributed by atoms with Gasteiger partial charge < -0.3 is 4.74 Å². The number of ether oxygens (including phenoxy) is 1. The SMILES string of the molecule is O=S(=O)(Nc1cccc(OCCn2cncn2)c1)c1ccc(Cl)s1. The summed E-state index contributed by atoms with van der Waals surface area (Å²) in [5, 5.41) is 3.97. The highest BCUT2D eigenvalue weighted by atomic mass is 35.5. The molecule has 24 heavy (non-hydrogen) atoms. The van der Waals surface area contributed by atoms with Crippen LogP contribution < -0.4 is 9.46 Å². The molecule has 0 aliphatic carbocycles. The van der Waals surface area contributed by atoms with Gasteiger partial charge in [0, 0.05) is 6.07 Å². The number of rotatable bonds is 7. The molecule has 0 spiro atoms. The number of nitrogens with zero attached hydrogens (tertiary/aromatic N) is 3. The standard InChI is InChI=1S/C14H13ClN4O3S2/c15-13-4-5-14(23-13)24(20,21)18-11-2-1-3-12(8-11)22-7-6-19-10-16-9-17-19/h1-5,8-10,18H,6-7H2. The Bertz CT molecular complexity index is 910. The third-order valence-corrected chi connectivity index (χ3v) is 6.06. The van der Waals surface area contributed by atoms with Crippen LogP contribution in [0.3, 0.4) is 0 Å². The highest BCUT2D eigenvalue weighted by molar-refractivity contribution is 7.94. The molecule has 0 saturated heterocycles. The van der Waals surface area contributed by atoms with Gasteiger partial charge in [-0.2, -0.15) is 5.10 Å². The Morgan fingerprint density at radius 1 is 1.29 bits per heavy atom. The van der Waals surface area contributed by atoms with Gasteiger partial charge in [0.1, 0.15) is 29.2 Å². The Hall–Kier alpha value is -2.10. The Labute approximate surface area is 147 Å². The number of sulfonamides is 1. The number of hydrogen-bond acceptors (Lipinski definition) is 6. The van der Waals surface area contributed by atoms with E-state index in [1.165, 1.54) is 12.4 Å². The summed E-state index contributed by atoms with van der Waals surface area (Å²) in [6.07, 6.45) is 3.05. The predicted octanol–water partition coefficient (Wildman–Crippen LogP) is 2.87. The van der Waals surface area contributed by atoms with Crippen molar-refractivity contribution in [3.05, 3.63) is 53.4 Å². The number of anilines is 1. The molecule has 3 aromatic rings. The quantitative estimate of drug-likeness (QED) is 0.676. The van der Waals surface area contributed by atoms with Crippen LogP contribution in [0.25, 0.3) is 0 Å². The molecule has 10 heteroatoms. The van der Waals surface area contributed by atoms with Crippen LogP contribution in [0.5, 0.6) is 5.75 Å². The van der Waals surface area contributed by atoms with Crippen molar-refractivity contribution in [2.75, 3.05) is 11.3 Å². The van der Waals surface area contributed by atoms with E-state index in [0.717, 1.165) is 11.3 Å². The highest BCUT2D eigenvalue weighted by Gasteiger charge is 2.16. The predicted molar refractivity (Wildman–Crippen MR) is 92.1 cm³/mol. The zero-order valence-corrected chi connectivity index (χ0v) is 14.7. The van der Waals surface area contributed by atoms with Crippen molar-refractivity contribution in [2.24, 2.45) is 0 Å². The van der Waals surface area contributed by atoms with Gasteiger partial charge in [-0.3, -0.25) is 4.72 Å². The van der Waals surface area contributed by atoms with Crippen LogP contribution in [0.4, 0.5) is 5.69 Å². The lowest BCUT2D eigenvalue weighted by Crippen LogP contribution is -2.12. The fourth-order valence-corrected chi connectivity index (χ4v) is 4.43. The molecule has 1 N–H and O–H groups in total. The van der Waals surface area contributed by atoms with Crippen molar-refractivity contribution < 1.29 is 13.2 Å². The van der Waals surface area contributed by atoms with E-state index in [4.69, 9.17) is 16.3 Å². The molecule has 3 rings (SSSR count). The summed E-state index contributed by atoms with van der Waals surface area (Å²) in [4.78, 5) is 3.84. The molecule has 0 unspecified atom stereocenters. The Kier molecular flexibility index (Phi) is 5.03. The van der Waals surface area contributed by atoms with Crippen molar-refractivity contribution >= 4 is 38.6 Å². The third kappa shape index (κ3) is 4.25. The van der Waals surface area contributed by atoms with E-state index in [9.17, 15) is 8.42 Å². The zero-order valence-electron chi connectivity index (χ0n) is 12.3. The number of nitrogens with one attached hydrogen (secondary N) is 1. The van der Waals surface area contributed by atoms with Crippen molar-refractivity contribution in [1.29, 1.82) is 0 Å². The molecule has 0 aliphatic rings. The molecule has 7 nitrogen and oxygen atoms in total. The van der Waals surface area contributed by atoms with Crippen molar-refractivity contribution in [2.45, 2.75) is 10.8 Å². The number of aromatic nitrogens is 3. The summed E-state index contributed by atoms with van der Waals surface area (Å²) in [6, 6.07) is 9.74. The summed E-state index contributed by atoms with van der Waals surface area (Å²) in [7, 11) is -3.66. The first-order chi connectivity index (χ1) is 11.5. The summed E-state index contributed by atoms with van der Waals surface area (Å²) >= 11 is 6.79. The molecule has 2 heterocycles. The van der Waals surface area contributed by atoms with Crippen LogP contribution in [-0.4, -0.2) is 29.8 Å². The highest BCUT2D eigenvalue weighted by Crippen LogP contribution is 2.28. The van der Waals surface area contributed by atoms with Gasteiger partial charge >= 0.3 is 0 Å². The van der Waals surface area contributed by atoms with Gasteiger partial charge in [-0.05, 0) is 24.3 Å². The number of benzene rings is 1. The minimum atomic E-state index is -3.66. The summed E-state index contributed by atoms with van der Waals surface area (Å²) < 4.78 is 34.9. The van der Waals surface area contributed by atoms with E-state index < -0.39 is 10.0 Å². The summed E-state index contributed by atoms with van der Waals surface area (Å²) in [5.74, 6) is 0.555. The molecular weight excluding hydrogens is 372 g/mol. The molecule has 0 bridgehead atoms. The van der Waals surface area contributed by atoms with E-state index in [1.807, 2.05) is 0 Å². The van der Waals surface area contributed by atoms with Crippen LogP contribution in [-0.2, 0) is 16.6 Å². The average Bonchev–Trinajstić information content (AvgIpc) is 3.19. The lowest BCUT2D eigenvalue weighted by Gasteiger charge is -2.09. The normalized spacial score (nSPS) is 11.4. The molecule has 0 aliphatic heterocycles. The van der Waals surface area contributed by atoms with Crippen LogP contribution in [0.2, 0.25) is 4.34 Å². The van der Waals surface area contributed by atoms with Crippen molar-refractivity contribution in [3.63, 3.8) is 0 Å². The monoisotopic (exact) mass is 384 g/mol. The number of halogens is 1. The lowest BCUT2D eigenvalue weighted by atomic mass is 10.3. The Balaban J connectivity index is 1.64. The van der Waals surface area contributed by atoms with Gasteiger partial charge in [0.05, 0.1) is 16.6 Å². The molecule has 0 radical (unpaired) electrons. The summed E-state index contributed by atoms with van der Waals surface area (Å²) in [6.45, 7) is 0.934. The topological polar surface area (TPSA) is 86.1 Å². The second kappa shape index (κ2) is 7.20. The molecule has 1 aromatic carbocycles. The van der Waals surface area contributed by atoms with Gasteiger partial charge in [-0.1, -0.05) is 17.7 Å². The van der Waals surface area contributed by atoms with E-state index in [-0.39, 0.29) is 4.21 Å². The van der Waals surface area contributed by atoms with E-state index in [2.05, 4.69) is 14.8 Å². The summed E-state index contributed by atoms with van der Waals surface area (Å²) in [5.41, 5.74) is 0.415. The van der Waals surface area contributed by atoms with Gasteiger partial charge in [0.2, 0.25) is 0 Å². The molecule has 0 atom stereocenters. The van der Waals surface area contributed by atoms with Crippen molar-refractivity contribution in [3.8, 4) is 5.75 Å². The molecule has 0 fully saturated rings. The molecule has 0 amide bonds. The van der Waals surface area contributed by atoms with Crippen molar-refractivity contribution in [1.82, 2.24) is 14.8 Å². The third-order valence-electron chi connectivity index (χ3n) is 2.96. The van der Waals surface area contributed by atoms with Crippen LogP contribution in [0.15, 0.2) is 53.3 Å². The van der Waals surface area contributed by atoms with E-state index in [1.54, 1.807) is 41.3 Å². The van der Waals surface area contributed by atoms with Gasteiger partial charge in [0.25, 0.3) is 10.0 Å². The maximum atomic E-state index is 12.3. The second-order valence-electron chi connectivity index (χ2n) is 4.70. The fraction of sp³-hybridized carbons (Fsp3) is 0.143. The first kappa shape index (κ1) is 16.7. The maximum Gasteiger partial charge on any atom is 0.271 e. The second-order valence-corrected chi connectivity index (χ2v) is 8.32. The molecule has 0 saturated carbocycles. The van der Waals surface area contributed by atoms with E-state index in [0.29, 0.717) is 28.9 Å². The first-order valence-electron chi connectivity index (χ1n) is 6.86. The van der Waals surface area contributed by atoms with E-state index >= 15 is 0 Å². The average molecular weight is 385 g/mol. The minimum Gasteiger partial charge on any atom is -0.492 e. The van der Waals surface area contributed by atoms with Gasteiger partial charge in [0.15, 0.2) is 0 Å².